The Balaban J connectivity index is 2.18. The van der Waals surface area contributed by atoms with Crippen molar-refractivity contribution in [2.24, 2.45) is 5.14 Å². The number of thiazole rings is 1. The summed E-state index contributed by atoms with van der Waals surface area (Å²) in [6, 6.07) is 4.25. The first-order valence-electron chi connectivity index (χ1n) is 6.80. The number of alkyl halides is 2. The van der Waals surface area contributed by atoms with Crippen molar-refractivity contribution in [1.29, 1.82) is 0 Å². The molecule has 0 saturated carbocycles. The average Bonchev–Trinajstić information content (AvgIpc) is 3.11. The number of rotatable bonds is 4. The fourth-order valence-corrected chi connectivity index (χ4v) is 3.39. The van der Waals surface area contributed by atoms with Crippen LogP contribution >= 0.6 is 11.3 Å². The summed E-state index contributed by atoms with van der Waals surface area (Å²) < 4.78 is 63.9. The van der Waals surface area contributed by atoms with Crippen molar-refractivity contribution in [2.45, 2.75) is 18.2 Å². The minimum Gasteiger partial charge on any atom is -0.225 e. The number of primary sulfonamides is 1. The second-order valence-corrected chi connectivity index (χ2v) is 7.67. The number of halogens is 3. The lowest BCUT2D eigenvalue weighted by atomic mass is 10.1. The molecule has 2 heterocycles. The van der Waals surface area contributed by atoms with E-state index in [4.69, 9.17) is 5.14 Å². The maximum absolute atomic E-state index is 14.1. The van der Waals surface area contributed by atoms with Crippen molar-refractivity contribution >= 4 is 21.4 Å². The first-order valence-corrected chi connectivity index (χ1v) is 9.23. The Labute approximate surface area is 144 Å². The van der Waals surface area contributed by atoms with E-state index < -0.39 is 32.9 Å². The maximum Gasteiger partial charge on any atom is 0.282 e. The highest BCUT2D eigenvalue weighted by Crippen LogP contribution is 2.30. The van der Waals surface area contributed by atoms with E-state index in [1.165, 1.54) is 17.4 Å². The monoisotopic (exact) mass is 388 g/mol. The molecule has 0 fully saturated rings. The second-order valence-electron chi connectivity index (χ2n) is 5.08. The number of hydrogen-bond acceptors (Lipinski definition) is 5. The van der Waals surface area contributed by atoms with Gasteiger partial charge in [0.1, 0.15) is 16.4 Å². The van der Waals surface area contributed by atoms with Gasteiger partial charge in [0.25, 0.3) is 6.43 Å². The zero-order chi connectivity index (χ0) is 18.4. The minimum absolute atomic E-state index is 0.153. The third-order valence-electron chi connectivity index (χ3n) is 3.31. The first kappa shape index (κ1) is 17.6. The number of aryl methyl sites for hydroxylation is 1. The quantitative estimate of drug-likeness (QED) is 0.744. The summed E-state index contributed by atoms with van der Waals surface area (Å²) in [5.74, 6) is -0.777. The van der Waals surface area contributed by atoms with E-state index in [1.54, 1.807) is 12.3 Å². The molecule has 132 valence electrons. The van der Waals surface area contributed by atoms with Crippen molar-refractivity contribution in [3.63, 3.8) is 0 Å². The summed E-state index contributed by atoms with van der Waals surface area (Å²) in [5, 5.41) is 11.1. The summed E-state index contributed by atoms with van der Waals surface area (Å²) in [6.07, 6.45) is -2.83. The molecule has 0 bridgehead atoms. The lowest BCUT2D eigenvalue weighted by molar-refractivity contribution is 0.145. The largest absolute Gasteiger partial charge is 0.282 e. The van der Waals surface area contributed by atoms with Gasteiger partial charge in [0.2, 0.25) is 10.0 Å². The molecule has 0 radical (unpaired) electrons. The predicted octanol–water partition coefficient (Wildman–Crippen LogP) is 3.03. The van der Waals surface area contributed by atoms with Crippen molar-refractivity contribution < 1.29 is 21.6 Å². The normalized spacial score (nSPS) is 12.1. The Morgan fingerprint density at radius 1 is 1.28 bits per heavy atom. The molecule has 0 saturated heterocycles. The van der Waals surface area contributed by atoms with Crippen molar-refractivity contribution in [3.05, 3.63) is 46.2 Å². The van der Waals surface area contributed by atoms with Gasteiger partial charge in [0, 0.05) is 10.9 Å². The maximum atomic E-state index is 14.1. The van der Waals surface area contributed by atoms with Crippen LogP contribution in [0.1, 0.15) is 17.1 Å². The van der Waals surface area contributed by atoms with Gasteiger partial charge >= 0.3 is 0 Å². The zero-order valence-electron chi connectivity index (χ0n) is 12.6. The van der Waals surface area contributed by atoms with E-state index in [-0.39, 0.29) is 11.3 Å². The highest BCUT2D eigenvalue weighted by Gasteiger charge is 2.21. The molecule has 0 amide bonds. The summed E-state index contributed by atoms with van der Waals surface area (Å²) in [6.45, 7) is 1.74. The molecule has 25 heavy (non-hydrogen) atoms. The van der Waals surface area contributed by atoms with Crippen LogP contribution in [-0.4, -0.2) is 23.2 Å². The van der Waals surface area contributed by atoms with E-state index in [0.29, 0.717) is 10.8 Å². The number of aromatic nitrogens is 3. The fourth-order valence-electron chi connectivity index (χ4n) is 2.23. The number of nitrogens with two attached hydrogens (primary N) is 1. The van der Waals surface area contributed by atoms with Gasteiger partial charge in [-0.2, -0.15) is 5.10 Å². The van der Waals surface area contributed by atoms with Crippen LogP contribution in [0, 0.1) is 12.7 Å². The summed E-state index contributed by atoms with van der Waals surface area (Å²) >= 11 is 1.30. The van der Waals surface area contributed by atoms with Crippen LogP contribution < -0.4 is 5.14 Å². The first-order chi connectivity index (χ1) is 11.7. The number of hydrogen-bond donors (Lipinski definition) is 1. The van der Waals surface area contributed by atoms with Crippen molar-refractivity contribution in [2.75, 3.05) is 0 Å². The number of benzene rings is 1. The van der Waals surface area contributed by atoms with Gasteiger partial charge in [-0.15, -0.1) is 11.3 Å². The zero-order valence-corrected chi connectivity index (χ0v) is 14.3. The number of sulfonamides is 1. The highest BCUT2D eigenvalue weighted by molar-refractivity contribution is 7.89. The minimum atomic E-state index is -4.23. The van der Waals surface area contributed by atoms with E-state index in [0.717, 1.165) is 22.9 Å². The smallest absolute Gasteiger partial charge is 0.225 e. The predicted molar refractivity (Wildman–Crippen MR) is 85.7 cm³/mol. The van der Waals surface area contributed by atoms with E-state index in [1.807, 2.05) is 0 Å². The Bertz CT molecular complexity index is 1040. The van der Waals surface area contributed by atoms with Crippen molar-refractivity contribution in [1.82, 2.24) is 14.8 Å². The van der Waals surface area contributed by atoms with Gasteiger partial charge in [0.05, 0.1) is 10.7 Å². The average molecular weight is 388 g/mol. The Hall–Kier alpha value is -2.24. The Morgan fingerprint density at radius 3 is 2.52 bits per heavy atom. The molecule has 0 atom stereocenters. The van der Waals surface area contributed by atoms with E-state index in [9.17, 15) is 21.6 Å². The molecular formula is C14H11F3N4O2S2. The van der Waals surface area contributed by atoms with Crippen LogP contribution in [0.15, 0.2) is 34.5 Å². The SMILES string of the molecule is Cc1nc(-n2nc(C(F)F)cc2-c2ccc(S(N)(=O)=O)c(F)c2)cs1. The Morgan fingerprint density at radius 2 is 2.00 bits per heavy atom. The molecule has 1 aromatic carbocycles. The topological polar surface area (TPSA) is 90.9 Å². The molecule has 11 heteroatoms. The molecule has 3 aromatic rings. The number of nitrogens with zero attached hydrogens (tertiary/aromatic N) is 3. The van der Waals surface area contributed by atoms with Crippen LogP contribution in [0.5, 0.6) is 0 Å². The van der Waals surface area contributed by atoms with E-state index >= 15 is 0 Å². The van der Waals surface area contributed by atoms with Gasteiger partial charge in [-0.3, -0.25) is 0 Å². The third-order valence-corrected chi connectivity index (χ3v) is 5.02. The molecule has 6 nitrogen and oxygen atoms in total. The molecule has 3 rings (SSSR count). The summed E-state index contributed by atoms with van der Waals surface area (Å²) in [4.78, 5) is 3.50. The van der Waals surface area contributed by atoms with Crippen LogP contribution in [0.4, 0.5) is 13.2 Å². The molecule has 0 aliphatic carbocycles. The fraction of sp³-hybridized carbons (Fsp3) is 0.143. The Kier molecular flexibility index (Phi) is 4.39. The van der Waals surface area contributed by atoms with Crippen LogP contribution in [-0.2, 0) is 10.0 Å². The van der Waals surface area contributed by atoms with Gasteiger partial charge in [0.15, 0.2) is 5.82 Å². The standard InChI is InChI=1S/C14H11F3N4O2S2/c1-7-19-13(6-24-7)21-11(5-10(20-21)14(16)17)8-2-3-12(9(15)4-8)25(18,22)23/h2-6,14H,1H3,(H2,18,22,23). The summed E-state index contributed by atoms with van der Waals surface area (Å²) in [5.41, 5.74) is -0.188. The van der Waals surface area contributed by atoms with Crippen LogP contribution in [0.25, 0.3) is 17.1 Å². The van der Waals surface area contributed by atoms with E-state index in [2.05, 4.69) is 10.1 Å². The summed E-state index contributed by atoms with van der Waals surface area (Å²) in [7, 11) is -4.23. The molecule has 0 aliphatic heterocycles. The van der Waals surface area contributed by atoms with Crippen molar-refractivity contribution in [3.8, 4) is 17.1 Å². The van der Waals surface area contributed by atoms with Gasteiger partial charge in [-0.25, -0.2) is 36.4 Å². The van der Waals surface area contributed by atoms with Gasteiger partial charge in [-0.1, -0.05) is 6.07 Å². The molecule has 0 spiro atoms. The van der Waals surface area contributed by atoms with Crippen LogP contribution in [0.2, 0.25) is 0 Å². The molecule has 2 N–H and O–H groups in total. The lowest BCUT2D eigenvalue weighted by Gasteiger charge is -2.06. The highest BCUT2D eigenvalue weighted by atomic mass is 32.2. The van der Waals surface area contributed by atoms with Gasteiger partial charge in [-0.05, 0) is 25.1 Å². The molecule has 0 unspecified atom stereocenters. The third kappa shape index (κ3) is 3.43. The van der Waals surface area contributed by atoms with Crippen LogP contribution in [0.3, 0.4) is 0 Å². The molecular weight excluding hydrogens is 377 g/mol. The van der Waals surface area contributed by atoms with Gasteiger partial charge < -0.3 is 0 Å². The second kappa shape index (κ2) is 6.24. The molecule has 2 aromatic heterocycles. The lowest BCUT2D eigenvalue weighted by Crippen LogP contribution is -2.14. The molecule has 0 aliphatic rings.